The number of hydrogen-bond acceptors (Lipinski definition) is 7. The van der Waals surface area contributed by atoms with E-state index in [-0.39, 0.29) is 22.5 Å². The molecule has 0 aliphatic heterocycles. The molecule has 28 heavy (non-hydrogen) atoms. The maximum atomic E-state index is 12.8. The molecule has 0 fully saturated rings. The van der Waals surface area contributed by atoms with Crippen LogP contribution in [-0.2, 0) is 26.7 Å². The summed E-state index contributed by atoms with van der Waals surface area (Å²) in [7, 11) is -3.46. The van der Waals surface area contributed by atoms with Crippen LogP contribution in [0.15, 0.2) is 21.1 Å². The molecule has 0 aromatic carbocycles. The molecule has 154 valence electrons. The summed E-state index contributed by atoms with van der Waals surface area (Å²) in [6.07, 6.45) is 2.71. The first kappa shape index (κ1) is 22.5. The Bertz CT molecular complexity index is 957. The summed E-state index contributed by atoms with van der Waals surface area (Å²) < 4.78 is 16.7. The lowest BCUT2D eigenvalue weighted by Crippen LogP contribution is -2.17. The first-order chi connectivity index (χ1) is 12.8. The minimum absolute atomic E-state index is 0.0762. The van der Waals surface area contributed by atoms with Crippen molar-refractivity contribution >= 4 is 27.2 Å². The lowest BCUT2D eigenvalue weighted by Gasteiger charge is -2.16. The van der Waals surface area contributed by atoms with Crippen LogP contribution in [0, 0.1) is 0 Å². The van der Waals surface area contributed by atoms with Crippen LogP contribution in [0.1, 0.15) is 75.3 Å². The molecule has 0 spiro atoms. The van der Waals surface area contributed by atoms with Gasteiger partial charge in [0.1, 0.15) is 21.1 Å². The molecule has 2 heterocycles. The molecule has 0 aliphatic rings. The van der Waals surface area contributed by atoms with Crippen molar-refractivity contribution in [2.24, 2.45) is 9.50 Å². The molecular formula is C18H27N5O3S2. The van der Waals surface area contributed by atoms with Crippen molar-refractivity contribution < 1.29 is 14.1 Å². The van der Waals surface area contributed by atoms with Crippen molar-refractivity contribution in [1.82, 2.24) is 15.0 Å². The highest BCUT2D eigenvalue weighted by atomic mass is 32.2. The summed E-state index contributed by atoms with van der Waals surface area (Å²) in [6.45, 7) is 11.1. The summed E-state index contributed by atoms with van der Waals surface area (Å²) >= 11 is 0.979. The standard InChI is InChI=1S/C18H27N5O3S2/c1-10(2)15-12(16(11(3)4)22-9-21-15)7-13(24)23-28(19,26)14-8-20-17(27-14)18(5,6)25/h8-11,25H,7H2,1-6H3,(H2,19,23,24,26). The Kier molecular flexibility index (Phi) is 6.70. The van der Waals surface area contributed by atoms with Crippen molar-refractivity contribution in [3.8, 4) is 0 Å². The van der Waals surface area contributed by atoms with Crippen molar-refractivity contribution in [3.63, 3.8) is 0 Å². The van der Waals surface area contributed by atoms with E-state index in [9.17, 15) is 14.1 Å². The van der Waals surface area contributed by atoms with E-state index in [1.54, 1.807) is 13.8 Å². The number of carbonyl (C=O) groups excluding carboxylic acids is 1. The number of amides is 1. The third kappa shape index (κ3) is 5.19. The van der Waals surface area contributed by atoms with Crippen LogP contribution in [-0.4, -0.2) is 30.2 Å². The monoisotopic (exact) mass is 425 g/mol. The van der Waals surface area contributed by atoms with Gasteiger partial charge in [0.25, 0.3) is 5.91 Å². The van der Waals surface area contributed by atoms with E-state index >= 15 is 0 Å². The second-order valence-electron chi connectivity index (χ2n) is 7.71. The lowest BCUT2D eigenvalue weighted by atomic mass is 9.95. The average Bonchev–Trinajstić information content (AvgIpc) is 3.05. The van der Waals surface area contributed by atoms with E-state index in [1.807, 2.05) is 27.7 Å². The van der Waals surface area contributed by atoms with E-state index in [0.717, 1.165) is 22.7 Å². The molecule has 2 aromatic rings. The smallest absolute Gasteiger partial charge is 0.259 e. The van der Waals surface area contributed by atoms with E-state index in [1.165, 1.54) is 12.5 Å². The molecule has 1 unspecified atom stereocenters. The molecule has 0 saturated heterocycles. The van der Waals surface area contributed by atoms with Crippen LogP contribution in [0.25, 0.3) is 0 Å². The van der Waals surface area contributed by atoms with Gasteiger partial charge in [0.2, 0.25) is 0 Å². The Hall–Kier alpha value is -1.75. The molecule has 10 heteroatoms. The van der Waals surface area contributed by atoms with Crippen molar-refractivity contribution in [1.29, 1.82) is 0 Å². The Morgan fingerprint density at radius 3 is 2.18 bits per heavy atom. The van der Waals surface area contributed by atoms with Gasteiger partial charge in [-0.3, -0.25) is 4.79 Å². The summed E-state index contributed by atoms with van der Waals surface area (Å²) in [6, 6.07) is 0. The number of aliphatic hydroxyl groups is 1. The molecule has 0 bridgehead atoms. The SMILES string of the molecule is CC(C)c1ncnc(C(C)C)c1CC(=O)N=S(N)(=O)c1cnc(C(C)(C)O)s1. The predicted octanol–water partition coefficient (Wildman–Crippen LogP) is 2.88. The van der Waals surface area contributed by atoms with Crippen LogP contribution in [0.3, 0.4) is 0 Å². The second kappa shape index (κ2) is 8.32. The molecule has 3 N–H and O–H groups in total. The third-order valence-electron chi connectivity index (χ3n) is 3.97. The van der Waals surface area contributed by atoms with Gasteiger partial charge in [0.15, 0.2) is 9.92 Å². The zero-order chi connectivity index (χ0) is 21.3. The van der Waals surface area contributed by atoms with Crippen LogP contribution >= 0.6 is 11.3 Å². The lowest BCUT2D eigenvalue weighted by molar-refractivity contribution is -0.117. The maximum Gasteiger partial charge on any atom is 0.259 e. The highest BCUT2D eigenvalue weighted by molar-refractivity contribution is 7.93. The van der Waals surface area contributed by atoms with Gasteiger partial charge in [0.05, 0.1) is 24.0 Å². The summed E-state index contributed by atoms with van der Waals surface area (Å²) in [5, 5.41) is 16.2. The van der Waals surface area contributed by atoms with Crippen molar-refractivity contribution in [3.05, 3.63) is 34.5 Å². The highest BCUT2D eigenvalue weighted by Gasteiger charge is 2.24. The number of nitrogens with two attached hydrogens (primary N) is 1. The zero-order valence-corrected chi connectivity index (χ0v) is 18.6. The number of aromatic nitrogens is 3. The van der Waals surface area contributed by atoms with Gasteiger partial charge < -0.3 is 5.11 Å². The summed E-state index contributed by atoms with van der Waals surface area (Å²) in [5.41, 5.74) is 1.06. The Balaban J connectivity index is 2.40. The summed E-state index contributed by atoms with van der Waals surface area (Å²) in [4.78, 5) is 25.3. The van der Waals surface area contributed by atoms with Gasteiger partial charge in [-0.2, -0.15) is 0 Å². The minimum Gasteiger partial charge on any atom is -0.383 e. The van der Waals surface area contributed by atoms with Crippen LogP contribution in [0.4, 0.5) is 0 Å². The second-order valence-corrected chi connectivity index (χ2v) is 10.8. The van der Waals surface area contributed by atoms with E-state index in [2.05, 4.69) is 19.3 Å². The largest absolute Gasteiger partial charge is 0.383 e. The normalized spacial score (nSPS) is 14.4. The van der Waals surface area contributed by atoms with Gasteiger partial charge in [-0.25, -0.2) is 24.3 Å². The predicted molar refractivity (Wildman–Crippen MR) is 109 cm³/mol. The number of thiazole rings is 1. The first-order valence-corrected chi connectivity index (χ1v) is 11.3. The number of rotatable bonds is 6. The van der Waals surface area contributed by atoms with Crippen molar-refractivity contribution in [2.75, 3.05) is 0 Å². The molecule has 8 nitrogen and oxygen atoms in total. The van der Waals surface area contributed by atoms with E-state index < -0.39 is 21.4 Å². The maximum absolute atomic E-state index is 12.8. The van der Waals surface area contributed by atoms with Crippen LogP contribution < -0.4 is 5.14 Å². The molecular weight excluding hydrogens is 398 g/mol. The van der Waals surface area contributed by atoms with Gasteiger partial charge >= 0.3 is 0 Å². The molecule has 0 saturated carbocycles. The number of hydrogen-bond donors (Lipinski definition) is 2. The fourth-order valence-corrected chi connectivity index (χ4v) is 4.81. The quantitative estimate of drug-likeness (QED) is 0.731. The molecule has 1 amide bonds. The van der Waals surface area contributed by atoms with E-state index in [4.69, 9.17) is 5.14 Å². The molecule has 0 aliphatic carbocycles. The van der Waals surface area contributed by atoms with Crippen molar-refractivity contribution in [2.45, 2.75) is 69.6 Å². The molecule has 0 radical (unpaired) electrons. The molecule has 2 aromatic heterocycles. The Morgan fingerprint density at radius 1 is 1.21 bits per heavy atom. The topological polar surface area (TPSA) is 131 Å². The zero-order valence-electron chi connectivity index (χ0n) is 17.0. The number of nitrogens with zero attached hydrogens (tertiary/aromatic N) is 4. The fraction of sp³-hybridized carbons (Fsp3) is 0.556. The van der Waals surface area contributed by atoms with Gasteiger partial charge in [-0.15, -0.1) is 15.7 Å². The van der Waals surface area contributed by atoms with Gasteiger partial charge in [0, 0.05) is 5.56 Å². The molecule has 2 rings (SSSR count). The van der Waals surface area contributed by atoms with E-state index in [0.29, 0.717) is 10.6 Å². The van der Waals surface area contributed by atoms with Gasteiger partial charge in [-0.1, -0.05) is 27.7 Å². The molecule has 1 atom stereocenters. The minimum atomic E-state index is -3.46. The third-order valence-corrected chi connectivity index (χ3v) is 7.20. The van der Waals surface area contributed by atoms with Gasteiger partial charge in [-0.05, 0) is 25.7 Å². The highest BCUT2D eigenvalue weighted by Crippen LogP contribution is 2.28. The first-order valence-electron chi connectivity index (χ1n) is 8.93. The number of carbonyl (C=O) groups is 1. The summed E-state index contributed by atoms with van der Waals surface area (Å²) in [5.74, 6) is -0.410. The average molecular weight is 426 g/mol. The van der Waals surface area contributed by atoms with Crippen LogP contribution in [0.2, 0.25) is 0 Å². The Morgan fingerprint density at radius 2 is 1.75 bits per heavy atom. The fourth-order valence-electron chi connectivity index (χ4n) is 2.67. The van der Waals surface area contributed by atoms with Crippen LogP contribution in [0.5, 0.6) is 0 Å². The Labute approximate surface area is 170 Å².